The van der Waals surface area contributed by atoms with Gasteiger partial charge in [-0.1, -0.05) is 12.7 Å². The Labute approximate surface area is 67.9 Å². The van der Waals surface area contributed by atoms with E-state index >= 15 is 0 Å². The van der Waals surface area contributed by atoms with Crippen LogP contribution in [0.15, 0.2) is 29.4 Å². The predicted molar refractivity (Wildman–Crippen MR) is 48.9 cm³/mol. The number of allylic oxidation sites excluding steroid dienone is 1. The summed E-state index contributed by atoms with van der Waals surface area (Å²) in [6, 6.07) is 0. The van der Waals surface area contributed by atoms with E-state index in [1.54, 1.807) is 6.20 Å². The van der Waals surface area contributed by atoms with Crippen LogP contribution in [0.5, 0.6) is 0 Å². The lowest BCUT2D eigenvalue weighted by Crippen LogP contribution is -2.13. The molecule has 1 aliphatic heterocycles. The second-order valence-corrected chi connectivity index (χ2v) is 2.74. The molecule has 0 saturated carbocycles. The summed E-state index contributed by atoms with van der Waals surface area (Å²) in [5, 5.41) is 0. The molecule has 0 radical (unpaired) electrons. The SMILES string of the molecule is C=CN=C1CN(C)C/C1=C/C. The van der Waals surface area contributed by atoms with Crippen molar-refractivity contribution in [3.8, 4) is 0 Å². The number of hydrogen-bond acceptors (Lipinski definition) is 2. The van der Waals surface area contributed by atoms with Crippen LogP contribution >= 0.6 is 0 Å². The molecule has 0 aromatic carbocycles. The number of nitrogens with zero attached hydrogens (tertiary/aromatic N) is 2. The Morgan fingerprint density at radius 3 is 2.82 bits per heavy atom. The summed E-state index contributed by atoms with van der Waals surface area (Å²) in [4.78, 5) is 6.43. The van der Waals surface area contributed by atoms with Crippen LogP contribution in [0.4, 0.5) is 0 Å². The molecule has 0 bridgehead atoms. The highest BCUT2D eigenvalue weighted by atomic mass is 15.1. The fourth-order valence-corrected chi connectivity index (χ4v) is 1.29. The predicted octanol–water partition coefficient (Wildman–Crippen LogP) is 1.46. The summed E-state index contributed by atoms with van der Waals surface area (Å²) in [5.41, 5.74) is 2.48. The maximum absolute atomic E-state index is 4.20. The van der Waals surface area contributed by atoms with Gasteiger partial charge in [-0.15, -0.1) is 0 Å². The van der Waals surface area contributed by atoms with Crippen molar-refractivity contribution in [2.24, 2.45) is 4.99 Å². The molecular weight excluding hydrogens is 136 g/mol. The molecule has 0 N–H and O–H groups in total. The van der Waals surface area contributed by atoms with E-state index in [0.717, 1.165) is 18.8 Å². The molecule has 0 aromatic rings. The maximum atomic E-state index is 4.20. The topological polar surface area (TPSA) is 15.6 Å². The maximum Gasteiger partial charge on any atom is 0.0585 e. The molecule has 11 heavy (non-hydrogen) atoms. The van der Waals surface area contributed by atoms with Crippen molar-refractivity contribution in [1.29, 1.82) is 0 Å². The number of rotatable bonds is 1. The largest absolute Gasteiger partial charge is 0.296 e. The zero-order valence-corrected chi connectivity index (χ0v) is 7.17. The van der Waals surface area contributed by atoms with E-state index in [1.807, 2.05) is 6.92 Å². The monoisotopic (exact) mass is 150 g/mol. The second kappa shape index (κ2) is 3.49. The zero-order valence-electron chi connectivity index (χ0n) is 7.17. The Balaban J connectivity index is 2.81. The molecular formula is C9H14N2. The fourth-order valence-electron chi connectivity index (χ4n) is 1.29. The van der Waals surface area contributed by atoms with E-state index in [2.05, 4.69) is 29.6 Å². The van der Waals surface area contributed by atoms with Crippen LogP contribution in [0.1, 0.15) is 6.92 Å². The third-order valence-electron chi connectivity index (χ3n) is 1.83. The van der Waals surface area contributed by atoms with Crippen molar-refractivity contribution in [1.82, 2.24) is 4.90 Å². The van der Waals surface area contributed by atoms with Gasteiger partial charge in [-0.2, -0.15) is 0 Å². The van der Waals surface area contributed by atoms with Gasteiger partial charge in [-0.3, -0.25) is 9.89 Å². The Kier molecular flexibility index (Phi) is 2.60. The van der Waals surface area contributed by atoms with E-state index in [9.17, 15) is 0 Å². The lowest BCUT2D eigenvalue weighted by atomic mass is 10.2. The second-order valence-electron chi connectivity index (χ2n) is 2.74. The van der Waals surface area contributed by atoms with Gasteiger partial charge in [-0.25, -0.2) is 0 Å². The van der Waals surface area contributed by atoms with E-state index in [4.69, 9.17) is 0 Å². The van der Waals surface area contributed by atoms with E-state index in [1.165, 1.54) is 5.57 Å². The van der Waals surface area contributed by atoms with Gasteiger partial charge in [0.05, 0.1) is 5.71 Å². The quantitative estimate of drug-likeness (QED) is 0.552. The van der Waals surface area contributed by atoms with Crippen LogP contribution < -0.4 is 0 Å². The van der Waals surface area contributed by atoms with Crippen LogP contribution in [0.25, 0.3) is 0 Å². The Morgan fingerprint density at radius 2 is 2.27 bits per heavy atom. The van der Waals surface area contributed by atoms with Gasteiger partial charge in [0.25, 0.3) is 0 Å². The first-order valence-corrected chi connectivity index (χ1v) is 3.79. The van der Waals surface area contributed by atoms with Crippen molar-refractivity contribution in [2.75, 3.05) is 20.1 Å². The Morgan fingerprint density at radius 1 is 1.55 bits per heavy atom. The minimum absolute atomic E-state index is 0.950. The number of likely N-dealkylation sites (tertiary alicyclic amines) is 1. The van der Waals surface area contributed by atoms with Crippen molar-refractivity contribution in [3.05, 3.63) is 24.4 Å². The Hall–Kier alpha value is -0.890. The molecule has 1 fully saturated rings. The third-order valence-corrected chi connectivity index (χ3v) is 1.83. The number of likely N-dealkylation sites (N-methyl/N-ethyl adjacent to an activating group) is 1. The first-order valence-electron chi connectivity index (χ1n) is 3.79. The minimum Gasteiger partial charge on any atom is -0.296 e. The summed E-state index contributed by atoms with van der Waals surface area (Å²) in [6.07, 6.45) is 3.73. The summed E-state index contributed by atoms with van der Waals surface area (Å²) in [6.45, 7) is 7.60. The molecule has 2 heteroatoms. The lowest BCUT2D eigenvalue weighted by Gasteiger charge is -2.00. The van der Waals surface area contributed by atoms with Crippen molar-refractivity contribution in [2.45, 2.75) is 6.92 Å². The first kappa shape index (κ1) is 8.21. The molecule has 1 heterocycles. The van der Waals surface area contributed by atoms with Crippen LogP contribution in [-0.4, -0.2) is 30.7 Å². The summed E-state index contributed by atoms with van der Waals surface area (Å²) in [7, 11) is 2.09. The molecule has 1 rings (SSSR count). The minimum atomic E-state index is 0.950. The molecule has 0 amide bonds. The van der Waals surface area contributed by atoms with Gasteiger partial charge in [-0.05, 0) is 19.5 Å². The summed E-state index contributed by atoms with van der Waals surface area (Å²) < 4.78 is 0. The molecule has 60 valence electrons. The highest BCUT2D eigenvalue weighted by Gasteiger charge is 2.17. The van der Waals surface area contributed by atoms with Gasteiger partial charge in [0.15, 0.2) is 0 Å². The number of hydrogen-bond donors (Lipinski definition) is 0. The van der Waals surface area contributed by atoms with Crippen LogP contribution in [-0.2, 0) is 0 Å². The van der Waals surface area contributed by atoms with Crippen molar-refractivity contribution >= 4 is 5.71 Å². The molecule has 0 aromatic heterocycles. The van der Waals surface area contributed by atoms with Crippen molar-refractivity contribution in [3.63, 3.8) is 0 Å². The van der Waals surface area contributed by atoms with E-state index < -0.39 is 0 Å². The summed E-state index contributed by atoms with van der Waals surface area (Å²) in [5.74, 6) is 0. The highest BCUT2D eigenvalue weighted by Crippen LogP contribution is 2.10. The molecule has 0 atom stereocenters. The van der Waals surface area contributed by atoms with Gasteiger partial charge in [0, 0.05) is 19.3 Å². The van der Waals surface area contributed by atoms with Crippen LogP contribution in [0, 0.1) is 0 Å². The Bertz CT molecular complexity index is 214. The smallest absolute Gasteiger partial charge is 0.0585 e. The molecule has 2 nitrogen and oxygen atoms in total. The van der Waals surface area contributed by atoms with Gasteiger partial charge in [0.2, 0.25) is 0 Å². The molecule has 1 aliphatic rings. The van der Waals surface area contributed by atoms with Gasteiger partial charge < -0.3 is 0 Å². The zero-order chi connectivity index (χ0) is 8.27. The summed E-state index contributed by atoms with van der Waals surface area (Å²) >= 11 is 0. The molecule has 1 saturated heterocycles. The highest BCUT2D eigenvalue weighted by molar-refractivity contribution is 6.04. The van der Waals surface area contributed by atoms with E-state index in [0.29, 0.717) is 0 Å². The van der Waals surface area contributed by atoms with Gasteiger partial charge >= 0.3 is 0 Å². The van der Waals surface area contributed by atoms with Crippen LogP contribution in [0.3, 0.4) is 0 Å². The van der Waals surface area contributed by atoms with Crippen molar-refractivity contribution < 1.29 is 0 Å². The average molecular weight is 150 g/mol. The van der Waals surface area contributed by atoms with E-state index in [-0.39, 0.29) is 0 Å². The number of aliphatic imine (C=N–C) groups is 1. The first-order chi connectivity index (χ1) is 5.27. The molecule has 0 unspecified atom stereocenters. The average Bonchev–Trinajstić information content (AvgIpc) is 2.32. The third kappa shape index (κ3) is 1.77. The molecule has 0 spiro atoms. The fraction of sp³-hybridized carbons (Fsp3) is 0.444. The van der Waals surface area contributed by atoms with Gasteiger partial charge in [0.1, 0.15) is 0 Å². The molecule has 0 aliphatic carbocycles. The standard InChI is InChI=1S/C9H14N2/c1-4-8-6-11(3)7-9(8)10-5-2/h4-5H,2,6-7H2,1,3H3/b8-4-,10-9?. The van der Waals surface area contributed by atoms with Crippen LogP contribution in [0.2, 0.25) is 0 Å². The lowest BCUT2D eigenvalue weighted by molar-refractivity contribution is 0.445. The normalized spacial score (nSPS) is 26.7.